The molecule has 3 aromatic rings. The largest absolute Gasteiger partial charge is 0.340 e. The molecule has 0 saturated heterocycles. The molecule has 2 heterocycles. The quantitative estimate of drug-likeness (QED) is 0.694. The minimum absolute atomic E-state index is 0.224. The first-order valence-electron chi connectivity index (χ1n) is 5.42. The average molecular weight is 260 g/mol. The fourth-order valence-corrected chi connectivity index (χ4v) is 1.98. The number of anilines is 2. The Morgan fingerprint density at radius 1 is 1.28 bits per heavy atom. The van der Waals surface area contributed by atoms with Gasteiger partial charge in [-0.05, 0) is 42.3 Å². The van der Waals surface area contributed by atoms with Crippen molar-refractivity contribution in [3.8, 4) is 0 Å². The van der Waals surface area contributed by atoms with Crippen LogP contribution in [-0.2, 0) is 0 Å². The second-order valence-corrected chi connectivity index (χ2v) is 4.24. The first-order chi connectivity index (χ1) is 8.74. The molecule has 0 fully saturated rings. The fraction of sp³-hybridized carbons (Fsp3) is 0.0833. The summed E-state index contributed by atoms with van der Waals surface area (Å²) >= 11 is 5.75. The van der Waals surface area contributed by atoms with Gasteiger partial charge in [-0.25, -0.2) is 9.97 Å². The van der Waals surface area contributed by atoms with Crippen LogP contribution in [-0.4, -0.2) is 20.2 Å². The summed E-state index contributed by atoms with van der Waals surface area (Å²) in [6.07, 6.45) is 3.42. The number of nitrogens with zero attached hydrogens (tertiary/aromatic N) is 3. The first-order valence-corrected chi connectivity index (χ1v) is 5.80. The Bertz CT molecular complexity index is 707. The van der Waals surface area contributed by atoms with E-state index in [0.29, 0.717) is 5.82 Å². The van der Waals surface area contributed by atoms with Crippen molar-refractivity contribution >= 4 is 34.0 Å². The third-order valence-electron chi connectivity index (χ3n) is 2.78. The topological polar surface area (TPSA) is 66.5 Å². The molecule has 90 valence electrons. The molecular formula is C12H10ClN5. The summed E-state index contributed by atoms with van der Waals surface area (Å²) in [7, 11) is 0. The number of aryl methyl sites for hydroxylation is 1. The van der Waals surface area contributed by atoms with Crippen molar-refractivity contribution < 1.29 is 0 Å². The molecule has 3 rings (SSSR count). The maximum Gasteiger partial charge on any atom is 0.224 e. The van der Waals surface area contributed by atoms with E-state index < -0.39 is 0 Å². The molecule has 0 radical (unpaired) electrons. The van der Waals surface area contributed by atoms with Crippen molar-refractivity contribution in [1.29, 1.82) is 0 Å². The lowest BCUT2D eigenvalue weighted by Gasteiger charge is -2.09. The third kappa shape index (κ3) is 1.89. The number of aromatic nitrogens is 4. The lowest BCUT2D eigenvalue weighted by molar-refractivity contribution is 1.12. The number of nitrogens with one attached hydrogen (secondary N) is 2. The number of hydrogen-bond donors (Lipinski definition) is 2. The zero-order valence-electron chi connectivity index (χ0n) is 9.61. The normalized spacial score (nSPS) is 10.8. The Hall–Kier alpha value is -2.14. The highest BCUT2D eigenvalue weighted by atomic mass is 35.5. The minimum Gasteiger partial charge on any atom is -0.340 e. The van der Waals surface area contributed by atoms with Crippen LogP contribution in [0.5, 0.6) is 0 Å². The molecule has 0 bridgehead atoms. The summed E-state index contributed by atoms with van der Waals surface area (Å²) < 4.78 is 0. The molecule has 2 aromatic heterocycles. The standard InChI is InChI=1S/C12H10ClN5/c1-7-8-6-15-18-10(8)3-2-9(7)16-11-4-5-14-12(13)17-11/h2-6H,1H3,(H,15,18)(H,14,16,17). The van der Waals surface area contributed by atoms with E-state index in [9.17, 15) is 0 Å². The van der Waals surface area contributed by atoms with Crippen LogP contribution in [0.1, 0.15) is 5.56 Å². The molecule has 18 heavy (non-hydrogen) atoms. The average Bonchev–Trinajstić information content (AvgIpc) is 2.82. The molecule has 6 heteroatoms. The van der Waals surface area contributed by atoms with Crippen LogP contribution in [0, 0.1) is 6.92 Å². The number of benzene rings is 1. The van der Waals surface area contributed by atoms with Crippen molar-refractivity contribution in [3.05, 3.63) is 41.4 Å². The van der Waals surface area contributed by atoms with Gasteiger partial charge in [-0.2, -0.15) is 5.10 Å². The van der Waals surface area contributed by atoms with E-state index in [1.807, 2.05) is 25.3 Å². The third-order valence-corrected chi connectivity index (χ3v) is 2.96. The van der Waals surface area contributed by atoms with Gasteiger partial charge in [0.05, 0.1) is 11.7 Å². The molecule has 0 amide bonds. The molecule has 0 aliphatic heterocycles. The van der Waals surface area contributed by atoms with Crippen molar-refractivity contribution in [3.63, 3.8) is 0 Å². The summed E-state index contributed by atoms with van der Waals surface area (Å²) in [4.78, 5) is 7.94. The predicted octanol–water partition coefficient (Wildman–Crippen LogP) is 3.06. The maximum absolute atomic E-state index is 5.75. The highest BCUT2D eigenvalue weighted by molar-refractivity contribution is 6.28. The molecule has 2 N–H and O–H groups in total. The van der Waals surface area contributed by atoms with E-state index in [2.05, 4.69) is 25.5 Å². The van der Waals surface area contributed by atoms with E-state index in [1.54, 1.807) is 12.3 Å². The maximum atomic E-state index is 5.75. The fourth-order valence-electron chi connectivity index (χ4n) is 1.84. The molecule has 0 saturated carbocycles. The van der Waals surface area contributed by atoms with Gasteiger partial charge in [0.1, 0.15) is 5.82 Å². The number of H-pyrrole nitrogens is 1. The van der Waals surface area contributed by atoms with Crippen molar-refractivity contribution in [1.82, 2.24) is 20.2 Å². The second kappa shape index (κ2) is 4.27. The van der Waals surface area contributed by atoms with Crippen molar-refractivity contribution in [2.24, 2.45) is 0 Å². The van der Waals surface area contributed by atoms with E-state index in [4.69, 9.17) is 11.6 Å². The van der Waals surface area contributed by atoms with Crippen LogP contribution in [0.25, 0.3) is 10.9 Å². The first kappa shape index (κ1) is 11.0. The van der Waals surface area contributed by atoms with Gasteiger partial charge in [-0.15, -0.1) is 0 Å². The molecule has 0 spiro atoms. The summed E-state index contributed by atoms with van der Waals surface area (Å²) in [5, 5.41) is 11.5. The number of hydrogen-bond acceptors (Lipinski definition) is 4. The molecule has 0 unspecified atom stereocenters. The smallest absolute Gasteiger partial charge is 0.224 e. The Labute approximate surface area is 108 Å². The number of halogens is 1. The molecular weight excluding hydrogens is 250 g/mol. The predicted molar refractivity (Wildman–Crippen MR) is 71.2 cm³/mol. The van der Waals surface area contributed by atoms with Crippen LogP contribution >= 0.6 is 11.6 Å². The number of fused-ring (bicyclic) bond motifs is 1. The molecule has 5 nitrogen and oxygen atoms in total. The number of aromatic amines is 1. The van der Waals surface area contributed by atoms with Gasteiger partial charge in [-0.3, -0.25) is 5.10 Å². The summed E-state index contributed by atoms with van der Waals surface area (Å²) in [5.41, 5.74) is 3.09. The van der Waals surface area contributed by atoms with Gasteiger partial charge < -0.3 is 5.32 Å². The van der Waals surface area contributed by atoms with Gasteiger partial charge in [-0.1, -0.05) is 0 Å². The van der Waals surface area contributed by atoms with E-state index in [1.165, 1.54) is 0 Å². The van der Waals surface area contributed by atoms with E-state index in [0.717, 1.165) is 22.2 Å². The van der Waals surface area contributed by atoms with Crippen LogP contribution in [0.3, 0.4) is 0 Å². The Morgan fingerprint density at radius 2 is 2.17 bits per heavy atom. The van der Waals surface area contributed by atoms with Crippen LogP contribution < -0.4 is 5.32 Å². The lowest BCUT2D eigenvalue weighted by Crippen LogP contribution is -1.96. The number of rotatable bonds is 2. The molecule has 1 aromatic carbocycles. The molecule has 0 aliphatic carbocycles. The second-order valence-electron chi connectivity index (χ2n) is 3.91. The SMILES string of the molecule is Cc1c(Nc2ccnc(Cl)n2)ccc2[nH]ncc12. The van der Waals surface area contributed by atoms with Crippen molar-refractivity contribution in [2.75, 3.05) is 5.32 Å². The zero-order valence-corrected chi connectivity index (χ0v) is 10.4. The summed E-state index contributed by atoms with van der Waals surface area (Å²) in [5.74, 6) is 0.668. The minimum atomic E-state index is 0.224. The summed E-state index contributed by atoms with van der Waals surface area (Å²) in [6, 6.07) is 5.72. The summed E-state index contributed by atoms with van der Waals surface area (Å²) in [6.45, 7) is 2.03. The van der Waals surface area contributed by atoms with Gasteiger partial charge in [0, 0.05) is 17.3 Å². The van der Waals surface area contributed by atoms with Crippen molar-refractivity contribution in [2.45, 2.75) is 6.92 Å². The van der Waals surface area contributed by atoms with Gasteiger partial charge in [0.15, 0.2) is 0 Å². The van der Waals surface area contributed by atoms with Gasteiger partial charge >= 0.3 is 0 Å². The van der Waals surface area contributed by atoms with Gasteiger partial charge in [0.2, 0.25) is 5.28 Å². The lowest BCUT2D eigenvalue weighted by atomic mass is 10.1. The molecule has 0 aliphatic rings. The zero-order chi connectivity index (χ0) is 12.5. The van der Waals surface area contributed by atoms with Crippen LogP contribution in [0.15, 0.2) is 30.6 Å². The Morgan fingerprint density at radius 3 is 3.00 bits per heavy atom. The van der Waals surface area contributed by atoms with Crippen LogP contribution in [0.4, 0.5) is 11.5 Å². The van der Waals surface area contributed by atoms with Crippen LogP contribution in [0.2, 0.25) is 5.28 Å². The monoisotopic (exact) mass is 259 g/mol. The highest BCUT2D eigenvalue weighted by Gasteiger charge is 2.06. The Kier molecular flexibility index (Phi) is 2.60. The molecule has 0 atom stereocenters. The van der Waals surface area contributed by atoms with E-state index >= 15 is 0 Å². The van der Waals surface area contributed by atoms with E-state index in [-0.39, 0.29) is 5.28 Å². The van der Waals surface area contributed by atoms with Gasteiger partial charge in [0.25, 0.3) is 0 Å². The Balaban J connectivity index is 2.02. The highest BCUT2D eigenvalue weighted by Crippen LogP contribution is 2.26.